The number of thiocarbonyl (C=S) groups is 1. The minimum atomic E-state index is 0.484. The van der Waals surface area contributed by atoms with Gasteiger partial charge < -0.3 is 19.9 Å². The first kappa shape index (κ1) is 20.5. The van der Waals surface area contributed by atoms with Crippen LogP contribution in [0, 0.1) is 0 Å². The summed E-state index contributed by atoms with van der Waals surface area (Å²) in [5, 5.41) is 4.41. The van der Waals surface area contributed by atoms with E-state index < -0.39 is 0 Å². The number of rotatable bonds is 6. The summed E-state index contributed by atoms with van der Waals surface area (Å²) < 4.78 is 5.31. The molecule has 0 aromatic heterocycles. The van der Waals surface area contributed by atoms with Crippen LogP contribution in [0.1, 0.15) is 37.7 Å². The highest BCUT2D eigenvalue weighted by Gasteiger charge is 2.19. The van der Waals surface area contributed by atoms with Crippen molar-refractivity contribution in [2.24, 2.45) is 0 Å². The highest BCUT2D eigenvalue weighted by atomic mass is 32.1. The van der Waals surface area contributed by atoms with Gasteiger partial charge in [0, 0.05) is 31.5 Å². The Morgan fingerprint density at radius 3 is 2.14 bits per heavy atom. The van der Waals surface area contributed by atoms with Crippen molar-refractivity contribution in [1.29, 1.82) is 0 Å². The van der Waals surface area contributed by atoms with Crippen molar-refractivity contribution in [3.63, 3.8) is 0 Å². The number of hydrogen-bond donors (Lipinski definition) is 1. The van der Waals surface area contributed by atoms with Gasteiger partial charge in [-0.2, -0.15) is 0 Å². The second-order valence-electron chi connectivity index (χ2n) is 7.63. The number of nitrogens with one attached hydrogen (secondary N) is 1. The molecule has 2 aromatic carbocycles. The summed E-state index contributed by atoms with van der Waals surface area (Å²) in [5.41, 5.74) is 3.50. The summed E-state index contributed by atoms with van der Waals surface area (Å²) in [6.45, 7) is 0.735. The Labute approximate surface area is 174 Å². The van der Waals surface area contributed by atoms with Gasteiger partial charge in [0.1, 0.15) is 5.75 Å². The monoisotopic (exact) mass is 397 g/mol. The minimum Gasteiger partial charge on any atom is -0.497 e. The van der Waals surface area contributed by atoms with Gasteiger partial charge in [0.15, 0.2) is 5.11 Å². The molecule has 0 amide bonds. The fraction of sp³-hybridized carbons (Fsp3) is 0.435. The third-order valence-electron chi connectivity index (χ3n) is 5.36. The molecule has 2 aromatic rings. The lowest BCUT2D eigenvalue weighted by Gasteiger charge is -2.31. The lowest BCUT2D eigenvalue weighted by molar-refractivity contribution is 0.413. The first-order valence-electron chi connectivity index (χ1n) is 10.0. The van der Waals surface area contributed by atoms with E-state index in [1.807, 2.05) is 12.1 Å². The van der Waals surface area contributed by atoms with Crippen molar-refractivity contribution in [3.8, 4) is 5.75 Å². The molecule has 1 fully saturated rings. The fourth-order valence-corrected chi connectivity index (χ4v) is 3.96. The second kappa shape index (κ2) is 9.78. The van der Waals surface area contributed by atoms with Gasteiger partial charge in [-0.1, -0.05) is 31.4 Å². The van der Waals surface area contributed by atoms with Gasteiger partial charge in [0.25, 0.3) is 0 Å². The van der Waals surface area contributed by atoms with Crippen molar-refractivity contribution in [2.45, 2.75) is 44.7 Å². The molecule has 150 valence electrons. The molecule has 0 saturated heterocycles. The van der Waals surface area contributed by atoms with Crippen LogP contribution in [0.5, 0.6) is 5.75 Å². The Kier molecular flexibility index (Phi) is 7.15. The van der Waals surface area contributed by atoms with Gasteiger partial charge in [-0.25, -0.2) is 0 Å². The van der Waals surface area contributed by atoms with E-state index in [9.17, 15) is 0 Å². The number of ether oxygens (including phenoxy) is 1. The lowest BCUT2D eigenvalue weighted by atomic mass is 9.96. The summed E-state index contributed by atoms with van der Waals surface area (Å²) in [4.78, 5) is 4.30. The molecule has 1 N–H and O–H groups in total. The molecule has 0 spiro atoms. The lowest BCUT2D eigenvalue weighted by Crippen LogP contribution is -2.45. The van der Waals surface area contributed by atoms with Gasteiger partial charge in [0.2, 0.25) is 0 Å². The van der Waals surface area contributed by atoms with E-state index in [4.69, 9.17) is 17.0 Å². The van der Waals surface area contributed by atoms with Gasteiger partial charge in [-0.3, -0.25) is 0 Å². The maximum Gasteiger partial charge on any atom is 0.173 e. The summed E-state index contributed by atoms with van der Waals surface area (Å²) in [7, 11) is 5.80. The van der Waals surface area contributed by atoms with E-state index in [1.54, 1.807) is 7.11 Å². The third-order valence-corrected chi connectivity index (χ3v) is 5.69. The first-order chi connectivity index (χ1) is 13.6. The van der Waals surface area contributed by atoms with Crippen molar-refractivity contribution in [2.75, 3.05) is 31.0 Å². The molecule has 5 heteroatoms. The highest BCUT2D eigenvalue weighted by molar-refractivity contribution is 7.80. The van der Waals surface area contributed by atoms with Crippen molar-refractivity contribution in [1.82, 2.24) is 5.32 Å². The molecule has 0 bridgehead atoms. The number of methoxy groups -OCH3 is 1. The Hall–Kier alpha value is -2.27. The maximum absolute atomic E-state index is 5.84. The number of benzene rings is 2. The van der Waals surface area contributed by atoms with Crippen molar-refractivity contribution >= 4 is 28.7 Å². The molecule has 4 nitrogen and oxygen atoms in total. The number of anilines is 2. The van der Waals surface area contributed by atoms with Gasteiger partial charge in [-0.05, 0) is 67.0 Å². The zero-order chi connectivity index (χ0) is 19.9. The van der Waals surface area contributed by atoms with Gasteiger partial charge in [0.05, 0.1) is 13.7 Å². The number of nitrogens with zero attached hydrogens (tertiary/aromatic N) is 2. The Bertz CT molecular complexity index is 752. The largest absolute Gasteiger partial charge is 0.497 e. The molecule has 1 saturated carbocycles. The number of hydrogen-bond acceptors (Lipinski definition) is 3. The zero-order valence-corrected chi connectivity index (χ0v) is 18.0. The quantitative estimate of drug-likeness (QED) is 0.695. The smallest absolute Gasteiger partial charge is 0.173 e. The minimum absolute atomic E-state index is 0.484. The maximum atomic E-state index is 5.84. The van der Waals surface area contributed by atoms with Crippen LogP contribution in [0.3, 0.4) is 0 Å². The molecule has 1 aliphatic rings. The Morgan fingerprint density at radius 2 is 1.57 bits per heavy atom. The molecule has 3 rings (SSSR count). The van der Waals surface area contributed by atoms with E-state index >= 15 is 0 Å². The molecular formula is C23H31N3OS. The molecule has 0 heterocycles. The molecule has 0 aliphatic heterocycles. The second-order valence-corrected chi connectivity index (χ2v) is 8.02. The van der Waals surface area contributed by atoms with Gasteiger partial charge in [-0.15, -0.1) is 0 Å². The SMILES string of the molecule is COc1ccc(N(Cc2ccc(N(C)C)cc2)C(=S)NC2CCCCC2)cc1. The van der Waals surface area contributed by atoms with E-state index in [1.165, 1.54) is 43.4 Å². The molecule has 1 aliphatic carbocycles. The topological polar surface area (TPSA) is 27.7 Å². The van der Waals surface area contributed by atoms with Crippen LogP contribution in [-0.2, 0) is 6.54 Å². The average Bonchev–Trinajstić information content (AvgIpc) is 2.73. The summed E-state index contributed by atoms with van der Waals surface area (Å²) >= 11 is 5.84. The van der Waals surface area contributed by atoms with Gasteiger partial charge >= 0.3 is 0 Å². The summed E-state index contributed by atoms with van der Waals surface area (Å²) in [5.74, 6) is 0.852. The van der Waals surface area contributed by atoms with Crippen molar-refractivity contribution in [3.05, 3.63) is 54.1 Å². The first-order valence-corrected chi connectivity index (χ1v) is 10.5. The van der Waals surface area contributed by atoms with Crippen LogP contribution in [0.25, 0.3) is 0 Å². The van der Waals surface area contributed by atoms with E-state index in [0.717, 1.165) is 23.1 Å². The molecule has 0 unspecified atom stereocenters. The van der Waals surface area contributed by atoms with E-state index in [2.05, 4.69) is 65.6 Å². The highest BCUT2D eigenvalue weighted by Crippen LogP contribution is 2.24. The molecule has 28 heavy (non-hydrogen) atoms. The van der Waals surface area contributed by atoms with Crippen molar-refractivity contribution < 1.29 is 4.74 Å². The average molecular weight is 398 g/mol. The van der Waals surface area contributed by atoms with Crippen LogP contribution >= 0.6 is 12.2 Å². The standard InChI is InChI=1S/C23H31N3OS/c1-25(2)20-11-9-18(10-12-20)17-26(21-13-15-22(27-3)16-14-21)23(28)24-19-7-5-4-6-8-19/h9-16,19H,4-8,17H2,1-3H3,(H,24,28). The van der Waals surface area contributed by atoms with E-state index in [0.29, 0.717) is 6.04 Å². The van der Waals surface area contributed by atoms with Crippen LogP contribution in [-0.4, -0.2) is 32.4 Å². The zero-order valence-electron chi connectivity index (χ0n) is 17.1. The predicted octanol–water partition coefficient (Wildman–Crippen LogP) is 4.98. The Morgan fingerprint density at radius 1 is 0.964 bits per heavy atom. The third kappa shape index (κ3) is 5.38. The summed E-state index contributed by atoms with van der Waals surface area (Å²) in [6.07, 6.45) is 6.32. The summed E-state index contributed by atoms with van der Waals surface area (Å²) in [6, 6.07) is 17.3. The molecule has 0 atom stereocenters. The van der Waals surface area contributed by atoms with Crippen LogP contribution in [0.15, 0.2) is 48.5 Å². The van der Waals surface area contributed by atoms with E-state index in [-0.39, 0.29) is 0 Å². The normalized spacial score (nSPS) is 14.4. The predicted molar refractivity (Wildman–Crippen MR) is 123 cm³/mol. The van der Waals surface area contributed by atoms with Crippen LogP contribution in [0.2, 0.25) is 0 Å². The van der Waals surface area contributed by atoms with Crippen LogP contribution in [0.4, 0.5) is 11.4 Å². The van der Waals surface area contributed by atoms with Crippen LogP contribution < -0.4 is 19.9 Å². The molecule has 0 radical (unpaired) electrons. The fourth-order valence-electron chi connectivity index (χ4n) is 3.62. The Balaban J connectivity index is 1.79. The molecular weight excluding hydrogens is 366 g/mol.